The molecular weight excluding hydrogens is 268 g/mol. The van der Waals surface area contributed by atoms with E-state index >= 15 is 0 Å². The Morgan fingerprint density at radius 1 is 1.58 bits per heavy atom. The molecule has 0 aromatic heterocycles. The zero-order valence-corrected chi connectivity index (χ0v) is 11.1. The van der Waals surface area contributed by atoms with E-state index in [1.165, 1.54) is 30.0 Å². The largest absolute Gasteiger partial charge is 0.462 e. The summed E-state index contributed by atoms with van der Waals surface area (Å²) in [5, 5.41) is 19.2. The number of nitrogens with zero attached hydrogens (tertiary/aromatic N) is 2. The van der Waals surface area contributed by atoms with Crippen molar-refractivity contribution in [1.29, 1.82) is 5.26 Å². The molecule has 0 bridgehead atoms. The molecular formula is C12H12N2O4S. The molecule has 1 aromatic carbocycles. The molecule has 0 spiro atoms. The van der Waals surface area contributed by atoms with Gasteiger partial charge in [-0.15, -0.1) is 11.8 Å². The predicted molar refractivity (Wildman–Crippen MR) is 70.0 cm³/mol. The van der Waals surface area contributed by atoms with Crippen molar-refractivity contribution in [3.8, 4) is 6.07 Å². The number of hydrogen-bond acceptors (Lipinski definition) is 6. The van der Waals surface area contributed by atoms with Gasteiger partial charge < -0.3 is 4.74 Å². The van der Waals surface area contributed by atoms with Gasteiger partial charge in [-0.3, -0.25) is 10.1 Å². The molecule has 0 aliphatic rings. The van der Waals surface area contributed by atoms with Gasteiger partial charge in [-0.2, -0.15) is 5.26 Å². The number of nitro benzene ring substituents is 1. The second kappa shape index (κ2) is 7.38. The Hall–Kier alpha value is -2.07. The van der Waals surface area contributed by atoms with Crippen LogP contribution >= 0.6 is 11.8 Å². The van der Waals surface area contributed by atoms with Gasteiger partial charge in [0.05, 0.1) is 28.1 Å². The Kier molecular flexibility index (Phi) is 5.82. The molecule has 7 heteroatoms. The molecule has 0 unspecified atom stereocenters. The summed E-state index contributed by atoms with van der Waals surface area (Å²) in [4.78, 5) is 22.5. The first kappa shape index (κ1) is 15.0. The topological polar surface area (TPSA) is 93.2 Å². The number of ether oxygens (including phenoxy) is 1. The minimum atomic E-state index is -0.617. The van der Waals surface area contributed by atoms with E-state index < -0.39 is 10.9 Å². The van der Waals surface area contributed by atoms with E-state index in [9.17, 15) is 14.9 Å². The number of esters is 1. The quantitative estimate of drug-likeness (QED) is 0.261. The van der Waals surface area contributed by atoms with E-state index in [0.29, 0.717) is 17.7 Å². The van der Waals surface area contributed by atoms with Crippen LogP contribution in [0.25, 0.3) is 0 Å². The summed E-state index contributed by atoms with van der Waals surface area (Å²) in [6.45, 7) is 0.129. The molecule has 6 nitrogen and oxygen atoms in total. The number of nitro groups is 1. The Labute approximate surface area is 114 Å². The number of rotatable bonds is 6. The second-order valence-corrected chi connectivity index (χ2v) is 4.39. The van der Waals surface area contributed by atoms with Crippen LogP contribution in [0.2, 0.25) is 0 Å². The third kappa shape index (κ3) is 4.26. The van der Waals surface area contributed by atoms with Crippen LogP contribution < -0.4 is 0 Å². The van der Waals surface area contributed by atoms with Gasteiger partial charge in [0.1, 0.15) is 0 Å². The standard InChI is InChI=1S/C12H12N2O4S/c1-19-11-5-4-9(8-10(11)14(16)17)12(15)18-7-3-2-6-13/h4-5,8H,2-3,7H2,1H3. The molecule has 19 heavy (non-hydrogen) atoms. The zero-order valence-electron chi connectivity index (χ0n) is 10.3. The summed E-state index contributed by atoms with van der Waals surface area (Å²) in [7, 11) is 0. The van der Waals surface area contributed by atoms with Crippen molar-refractivity contribution < 1.29 is 14.5 Å². The highest BCUT2D eigenvalue weighted by atomic mass is 32.2. The molecule has 0 amide bonds. The van der Waals surface area contributed by atoms with E-state index in [0.717, 1.165) is 0 Å². The molecule has 1 aromatic rings. The first-order valence-electron chi connectivity index (χ1n) is 5.46. The average molecular weight is 280 g/mol. The lowest BCUT2D eigenvalue weighted by Gasteiger charge is -2.05. The van der Waals surface area contributed by atoms with Gasteiger partial charge in [-0.05, 0) is 24.8 Å². The molecule has 0 radical (unpaired) electrons. The van der Waals surface area contributed by atoms with E-state index in [4.69, 9.17) is 10.00 Å². The monoisotopic (exact) mass is 280 g/mol. The fourth-order valence-electron chi connectivity index (χ4n) is 1.36. The molecule has 0 aliphatic carbocycles. The summed E-state index contributed by atoms with van der Waals surface area (Å²) >= 11 is 1.24. The van der Waals surface area contributed by atoms with Crippen molar-refractivity contribution in [2.75, 3.05) is 12.9 Å². The van der Waals surface area contributed by atoms with Crippen LogP contribution in [0, 0.1) is 21.4 Å². The smallest absolute Gasteiger partial charge is 0.338 e. The normalized spacial score (nSPS) is 9.68. The summed E-state index contributed by atoms with van der Waals surface area (Å²) in [6, 6.07) is 6.16. The highest BCUT2D eigenvalue weighted by Crippen LogP contribution is 2.28. The molecule has 0 heterocycles. The van der Waals surface area contributed by atoms with E-state index in [1.807, 2.05) is 6.07 Å². The van der Waals surface area contributed by atoms with Crippen molar-refractivity contribution in [3.63, 3.8) is 0 Å². The number of hydrogen-bond donors (Lipinski definition) is 0. The number of nitriles is 1. The highest BCUT2D eigenvalue weighted by molar-refractivity contribution is 7.98. The lowest BCUT2D eigenvalue weighted by molar-refractivity contribution is -0.387. The SMILES string of the molecule is CSc1ccc(C(=O)OCCCC#N)cc1[N+](=O)[O-]. The van der Waals surface area contributed by atoms with Crippen molar-refractivity contribution in [1.82, 2.24) is 0 Å². The van der Waals surface area contributed by atoms with Gasteiger partial charge in [-0.25, -0.2) is 4.79 Å². The summed E-state index contributed by atoms with van der Waals surface area (Å²) < 4.78 is 4.92. The zero-order chi connectivity index (χ0) is 14.3. The number of carbonyl (C=O) groups excluding carboxylic acids is 1. The number of carbonyl (C=O) groups is 1. The molecule has 0 N–H and O–H groups in total. The summed E-state index contributed by atoms with van der Waals surface area (Å²) in [6.07, 6.45) is 2.48. The number of benzene rings is 1. The lowest BCUT2D eigenvalue weighted by Crippen LogP contribution is -2.07. The fraction of sp³-hybridized carbons (Fsp3) is 0.333. The highest BCUT2D eigenvalue weighted by Gasteiger charge is 2.17. The molecule has 0 saturated carbocycles. The van der Waals surface area contributed by atoms with Gasteiger partial charge in [0, 0.05) is 12.5 Å². The van der Waals surface area contributed by atoms with E-state index in [1.54, 1.807) is 6.26 Å². The van der Waals surface area contributed by atoms with Crippen LogP contribution in [0.5, 0.6) is 0 Å². The van der Waals surface area contributed by atoms with Crippen molar-refractivity contribution in [2.24, 2.45) is 0 Å². The van der Waals surface area contributed by atoms with Crippen molar-refractivity contribution >= 4 is 23.4 Å². The maximum absolute atomic E-state index is 11.6. The number of thioether (sulfide) groups is 1. The first-order chi connectivity index (χ1) is 9.10. The Bertz CT molecular complexity index is 525. The van der Waals surface area contributed by atoms with E-state index in [2.05, 4.69) is 0 Å². The molecule has 0 saturated heterocycles. The van der Waals surface area contributed by atoms with Gasteiger partial charge in [0.2, 0.25) is 0 Å². The maximum atomic E-state index is 11.6. The average Bonchev–Trinajstić information content (AvgIpc) is 2.42. The minimum absolute atomic E-state index is 0.112. The Morgan fingerprint density at radius 3 is 2.89 bits per heavy atom. The van der Waals surface area contributed by atoms with Crippen LogP contribution in [0.3, 0.4) is 0 Å². The summed E-state index contributed by atoms with van der Waals surface area (Å²) in [5.74, 6) is -0.617. The third-order valence-corrected chi connectivity index (χ3v) is 3.06. The van der Waals surface area contributed by atoms with Crippen LogP contribution in [-0.2, 0) is 4.74 Å². The van der Waals surface area contributed by atoms with E-state index in [-0.39, 0.29) is 17.9 Å². The molecule has 1 rings (SSSR count). The minimum Gasteiger partial charge on any atom is -0.462 e. The van der Waals surface area contributed by atoms with Gasteiger partial charge >= 0.3 is 5.97 Å². The molecule has 0 aliphatic heterocycles. The van der Waals surface area contributed by atoms with Crippen LogP contribution in [0.15, 0.2) is 23.1 Å². The third-order valence-electron chi connectivity index (χ3n) is 2.28. The molecule has 0 atom stereocenters. The van der Waals surface area contributed by atoms with Crippen LogP contribution in [0.1, 0.15) is 23.2 Å². The van der Waals surface area contributed by atoms with Gasteiger partial charge in [0.25, 0.3) is 5.69 Å². The predicted octanol–water partition coefficient (Wildman–Crippen LogP) is 2.78. The second-order valence-electron chi connectivity index (χ2n) is 3.54. The first-order valence-corrected chi connectivity index (χ1v) is 6.69. The fourth-order valence-corrected chi connectivity index (χ4v) is 1.91. The Morgan fingerprint density at radius 2 is 2.32 bits per heavy atom. The number of unbranched alkanes of at least 4 members (excludes halogenated alkanes) is 1. The lowest BCUT2D eigenvalue weighted by atomic mass is 10.2. The maximum Gasteiger partial charge on any atom is 0.338 e. The van der Waals surface area contributed by atoms with Gasteiger partial charge in [0.15, 0.2) is 0 Å². The van der Waals surface area contributed by atoms with Crippen LogP contribution in [0.4, 0.5) is 5.69 Å². The van der Waals surface area contributed by atoms with Crippen molar-refractivity contribution in [2.45, 2.75) is 17.7 Å². The van der Waals surface area contributed by atoms with Crippen LogP contribution in [-0.4, -0.2) is 23.8 Å². The van der Waals surface area contributed by atoms with Crippen molar-refractivity contribution in [3.05, 3.63) is 33.9 Å². The summed E-state index contributed by atoms with van der Waals surface area (Å²) in [5.41, 5.74) is 0.0282. The Balaban J connectivity index is 2.78. The molecule has 0 fully saturated rings. The van der Waals surface area contributed by atoms with Gasteiger partial charge in [-0.1, -0.05) is 0 Å². The molecule has 100 valence electrons.